The Balaban J connectivity index is 2.01. The molecule has 2 heterocycles. The largest absolute Gasteiger partial charge is 0.490 e. The number of aryl methyl sites for hydroxylation is 3. The monoisotopic (exact) mass is 372 g/mol. The van der Waals surface area contributed by atoms with Gasteiger partial charge in [0, 0.05) is 11.4 Å². The van der Waals surface area contributed by atoms with Crippen LogP contribution in [0.5, 0.6) is 5.75 Å². The summed E-state index contributed by atoms with van der Waals surface area (Å²) in [5, 5.41) is 7.79. The number of carbonyl (C=O) groups is 1. The highest BCUT2D eigenvalue weighted by molar-refractivity contribution is 6.32. The molecule has 7 heteroatoms. The van der Waals surface area contributed by atoms with Gasteiger partial charge in [0.05, 0.1) is 23.0 Å². The standard InChI is InChI=1S/C19H21ClN4O2/c1-5-9-26-17-14(20)7-6-8-15(17)22-19(25)16-13(4)23-24-12(3)10-11(2)21-18(16)24/h6-8,10H,5,9H2,1-4H3,(H,22,25). The quantitative estimate of drug-likeness (QED) is 0.722. The summed E-state index contributed by atoms with van der Waals surface area (Å²) in [6.45, 7) is 8.15. The van der Waals surface area contributed by atoms with Gasteiger partial charge in [-0.2, -0.15) is 5.10 Å². The van der Waals surface area contributed by atoms with Crippen LogP contribution in [-0.2, 0) is 0 Å². The first-order valence-electron chi connectivity index (χ1n) is 8.48. The molecule has 0 saturated heterocycles. The lowest BCUT2D eigenvalue weighted by atomic mass is 10.2. The SMILES string of the molecule is CCCOc1c(Cl)cccc1NC(=O)c1c(C)nn2c(C)cc(C)nc12. The predicted molar refractivity (Wildman–Crippen MR) is 102 cm³/mol. The first-order chi connectivity index (χ1) is 12.4. The number of nitrogens with zero attached hydrogens (tertiary/aromatic N) is 3. The fourth-order valence-electron chi connectivity index (χ4n) is 2.84. The van der Waals surface area contributed by atoms with Crippen molar-refractivity contribution < 1.29 is 9.53 Å². The lowest BCUT2D eigenvalue weighted by Gasteiger charge is -2.13. The molecule has 0 aliphatic heterocycles. The predicted octanol–water partition coefficient (Wildman–Crippen LogP) is 4.35. The first-order valence-corrected chi connectivity index (χ1v) is 8.86. The van der Waals surface area contributed by atoms with Gasteiger partial charge in [-0.3, -0.25) is 4.79 Å². The van der Waals surface area contributed by atoms with E-state index in [4.69, 9.17) is 16.3 Å². The molecular formula is C19H21ClN4O2. The van der Waals surface area contributed by atoms with Gasteiger partial charge in [0.1, 0.15) is 5.56 Å². The number of anilines is 1. The second-order valence-corrected chi connectivity index (χ2v) is 6.56. The Bertz CT molecular complexity index is 981. The van der Waals surface area contributed by atoms with E-state index in [9.17, 15) is 4.79 Å². The van der Waals surface area contributed by atoms with Crippen molar-refractivity contribution in [1.29, 1.82) is 0 Å². The number of rotatable bonds is 5. The van der Waals surface area contributed by atoms with E-state index >= 15 is 0 Å². The summed E-state index contributed by atoms with van der Waals surface area (Å²) in [6, 6.07) is 7.19. The maximum atomic E-state index is 13.0. The molecule has 136 valence electrons. The summed E-state index contributed by atoms with van der Waals surface area (Å²) in [7, 11) is 0. The number of benzene rings is 1. The number of ether oxygens (including phenoxy) is 1. The fraction of sp³-hybridized carbons (Fsp3) is 0.316. The van der Waals surface area contributed by atoms with Crippen LogP contribution in [0.3, 0.4) is 0 Å². The van der Waals surface area contributed by atoms with E-state index in [1.54, 1.807) is 29.6 Å². The minimum absolute atomic E-state index is 0.293. The van der Waals surface area contributed by atoms with Gasteiger partial charge >= 0.3 is 0 Å². The van der Waals surface area contributed by atoms with Gasteiger partial charge in [-0.25, -0.2) is 9.50 Å². The van der Waals surface area contributed by atoms with Gasteiger partial charge in [-0.15, -0.1) is 0 Å². The first kappa shape index (κ1) is 18.2. The Morgan fingerprint density at radius 3 is 2.81 bits per heavy atom. The number of aromatic nitrogens is 3. The molecule has 3 aromatic rings. The molecule has 1 amide bonds. The van der Waals surface area contributed by atoms with E-state index in [1.807, 2.05) is 26.8 Å². The van der Waals surface area contributed by atoms with Gasteiger partial charge in [0.15, 0.2) is 11.4 Å². The number of fused-ring (bicyclic) bond motifs is 1. The smallest absolute Gasteiger partial charge is 0.261 e. The maximum Gasteiger partial charge on any atom is 0.261 e. The lowest BCUT2D eigenvalue weighted by Crippen LogP contribution is -2.15. The van der Waals surface area contributed by atoms with Crippen LogP contribution in [-0.4, -0.2) is 27.1 Å². The average molecular weight is 373 g/mol. The molecule has 1 N–H and O–H groups in total. The normalized spacial score (nSPS) is 11.0. The molecule has 2 aromatic heterocycles. The van der Waals surface area contributed by atoms with Crippen LogP contribution in [0, 0.1) is 20.8 Å². The maximum absolute atomic E-state index is 13.0. The average Bonchev–Trinajstić information content (AvgIpc) is 2.91. The molecule has 0 fully saturated rings. The topological polar surface area (TPSA) is 68.5 Å². The Morgan fingerprint density at radius 1 is 1.31 bits per heavy atom. The van der Waals surface area contributed by atoms with Crippen LogP contribution >= 0.6 is 11.6 Å². The van der Waals surface area contributed by atoms with Crippen LogP contribution in [0.2, 0.25) is 5.02 Å². The molecule has 0 bridgehead atoms. The number of nitrogens with one attached hydrogen (secondary N) is 1. The van der Waals surface area contributed by atoms with Gasteiger partial charge in [0.2, 0.25) is 0 Å². The number of para-hydroxylation sites is 1. The number of carbonyl (C=O) groups excluding carboxylic acids is 1. The van der Waals surface area contributed by atoms with E-state index < -0.39 is 0 Å². The highest BCUT2D eigenvalue weighted by atomic mass is 35.5. The van der Waals surface area contributed by atoms with Crippen molar-refractivity contribution in [3.05, 3.63) is 51.9 Å². The molecule has 3 rings (SSSR count). The molecule has 0 spiro atoms. The molecule has 0 aliphatic carbocycles. The minimum atomic E-state index is -0.293. The molecule has 0 atom stereocenters. The van der Waals surface area contributed by atoms with Crippen LogP contribution in [0.1, 0.15) is 40.8 Å². The fourth-order valence-corrected chi connectivity index (χ4v) is 3.06. The Morgan fingerprint density at radius 2 is 2.08 bits per heavy atom. The number of hydrogen-bond acceptors (Lipinski definition) is 4. The second kappa shape index (κ2) is 7.33. The van der Waals surface area contributed by atoms with Crippen molar-refractivity contribution >= 4 is 28.8 Å². The third-order valence-corrected chi connectivity index (χ3v) is 4.26. The van der Waals surface area contributed by atoms with Crippen LogP contribution in [0.4, 0.5) is 5.69 Å². The van der Waals surface area contributed by atoms with Crippen molar-refractivity contribution in [1.82, 2.24) is 14.6 Å². The van der Waals surface area contributed by atoms with Crippen LogP contribution in [0.25, 0.3) is 5.65 Å². The number of hydrogen-bond donors (Lipinski definition) is 1. The summed E-state index contributed by atoms with van der Waals surface area (Å²) in [6.07, 6.45) is 0.842. The van der Waals surface area contributed by atoms with E-state index in [1.165, 1.54) is 0 Å². The van der Waals surface area contributed by atoms with Gasteiger partial charge in [-0.1, -0.05) is 24.6 Å². The Kier molecular flexibility index (Phi) is 5.13. The van der Waals surface area contributed by atoms with Gasteiger partial charge in [-0.05, 0) is 45.4 Å². The molecular weight excluding hydrogens is 352 g/mol. The van der Waals surface area contributed by atoms with Crippen molar-refractivity contribution in [3.63, 3.8) is 0 Å². The van der Waals surface area contributed by atoms with E-state index in [0.717, 1.165) is 17.8 Å². The molecule has 0 aliphatic rings. The highest BCUT2D eigenvalue weighted by Crippen LogP contribution is 2.33. The third-order valence-electron chi connectivity index (χ3n) is 3.96. The van der Waals surface area contributed by atoms with Crippen LogP contribution in [0.15, 0.2) is 24.3 Å². The zero-order valence-electron chi connectivity index (χ0n) is 15.3. The zero-order chi connectivity index (χ0) is 18.8. The molecule has 1 aromatic carbocycles. The van der Waals surface area contributed by atoms with Crippen molar-refractivity contribution in [2.75, 3.05) is 11.9 Å². The van der Waals surface area contributed by atoms with Crippen molar-refractivity contribution in [2.45, 2.75) is 34.1 Å². The minimum Gasteiger partial charge on any atom is -0.490 e. The van der Waals surface area contributed by atoms with Crippen LogP contribution < -0.4 is 10.1 Å². The second-order valence-electron chi connectivity index (χ2n) is 6.15. The molecule has 0 radical (unpaired) electrons. The summed E-state index contributed by atoms with van der Waals surface area (Å²) < 4.78 is 7.39. The van der Waals surface area contributed by atoms with Gasteiger partial charge < -0.3 is 10.1 Å². The summed E-state index contributed by atoms with van der Waals surface area (Å²) in [5.41, 5.74) is 3.87. The highest BCUT2D eigenvalue weighted by Gasteiger charge is 2.21. The summed E-state index contributed by atoms with van der Waals surface area (Å²) in [4.78, 5) is 17.5. The Labute approximate surface area is 157 Å². The molecule has 0 saturated carbocycles. The molecule has 6 nitrogen and oxygen atoms in total. The summed E-state index contributed by atoms with van der Waals surface area (Å²) in [5.74, 6) is 0.178. The van der Waals surface area contributed by atoms with E-state index in [0.29, 0.717) is 40.0 Å². The lowest BCUT2D eigenvalue weighted by molar-refractivity contribution is 0.102. The third kappa shape index (κ3) is 3.37. The van der Waals surface area contributed by atoms with Gasteiger partial charge in [0.25, 0.3) is 5.91 Å². The molecule has 26 heavy (non-hydrogen) atoms. The van der Waals surface area contributed by atoms with E-state index in [-0.39, 0.29) is 5.91 Å². The van der Waals surface area contributed by atoms with E-state index in [2.05, 4.69) is 15.4 Å². The number of halogens is 1. The Hall–Kier alpha value is -2.60. The zero-order valence-corrected chi connectivity index (χ0v) is 16.0. The van der Waals surface area contributed by atoms with Crippen molar-refractivity contribution in [3.8, 4) is 5.75 Å². The number of amides is 1. The summed E-state index contributed by atoms with van der Waals surface area (Å²) >= 11 is 6.24. The van der Waals surface area contributed by atoms with Crippen molar-refractivity contribution in [2.24, 2.45) is 0 Å². The molecule has 0 unspecified atom stereocenters.